The van der Waals surface area contributed by atoms with Crippen molar-refractivity contribution in [3.63, 3.8) is 0 Å². The van der Waals surface area contributed by atoms with E-state index in [0.29, 0.717) is 30.1 Å². The van der Waals surface area contributed by atoms with Gasteiger partial charge in [-0.15, -0.1) is 0 Å². The Bertz CT molecular complexity index is 1190. The zero-order valence-electron chi connectivity index (χ0n) is 25.4. The molecule has 11 heteroatoms. The van der Waals surface area contributed by atoms with Crippen molar-refractivity contribution in [1.82, 2.24) is 10.0 Å². The Morgan fingerprint density at radius 1 is 0.907 bits per heavy atom. The van der Waals surface area contributed by atoms with Crippen molar-refractivity contribution < 1.29 is 37.0 Å². The van der Waals surface area contributed by atoms with E-state index in [1.165, 1.54) is 0 Å². The van der Waals surface area contributed by atoms with Crippen LogP contribution in [-0.2, 0) is 0 Å². The predicted molar refractivity (Wildman–Crippen MR) is 154 cm³/mol. The van der Waals surface area contributed by atoms with Gasteiger partial charge in [0.05, 0.1) is 12.2 Å². The largest absolute Gasteiger partial charge is 0.393 e. The second kappa shape index (κ2) is 12.3. The number of aliphatic hydroxyl groups is 2. The molecule has 4 fully saturated rings. The number of hydrogen-bond acceptors (Lipinski definition) is 4. The molecule has 5 nitrogen and oxygen atoms in total. The molecule has 0 bridgehead atoms. The standard InChI is InChI=1S/C32H45F5N2O3S/c1-5-17-21-14-16(40)8-11-32(21,4)20-9-12-31(3)18(6-7-19(31)22(20)28(17)41)15(2)10-13-38-30(42)39-43-29-26(36)24(34)23(33)25(35)27(29)37/h15-22,28,40-41H,5-14H2,1-4H3,(H2,38,39,42)/t15-,16-,17-,18-,19+,20+,21+,22+,28-,31-,32-/m1/s1. The fourth-order valence-electron chi connectivity index (χ4n) is 10.4. The summed E-state index contributed by atoms with van der Waals surface area (Å²) in [6.07, 6.45) is 7.88. The van der Waals surface area contributed by atoms with Crippen LogP contribution in [0.3, 0.4) is 0 Å². The van der Waals surface area contributed by atoms with Gasteiger partial charge in [0.1, 0.15) is 4.90 Å². The number of carbonyl (C=O) groups is 1. The first-order valence-electron chi connectivity index (χ1n) is 15.8. The van der Waals surface area contributed by atoms with E-state index in [0.717, 1.165) is 51.4 Å². The average molecular weight is 633 g/mol. The van der Waals surface area contributed by atoms with Gasteiger partial charge < -0.3 is 15.5 Å². The van der Waals surface area contributed by atoms with E-state index < -0.39 is 40.0 Å². The van der Waals surface area contributed by atoms with Crippen molar-refractivity contribution in [2.24, 2.45) is 52.3 Å². The minimum Gasteiger partial charge on any atom is -0.393 e. The molecule has 11 atom stereocenters. The van der Waals surface area contributed by atoms with Gasteiger partial charge in [-0.1, -0.05) is 34.1 Å². The third-order valence-corrected chi connectivity index (χ3v) is 13.3. The second-order valence-electron chi connectivity index (χ2n) is 14.2. The van der Waals surface area contributed by atoms with Gasteiger partial charge in [-0.2, -0.15) is 0 Å². The summed E-state index contributed by atoms with van der Waals surface area (Å²) in [4.78, 5) is 11.1. The number of aliphatic hydroxyl groups excluding tert-OH is 2. The highest BCUT2D eigenvalue weighted by molar-refractivity contribution is 7.98. The van der Waals surface area contributed by atoms with Crippen molar-refractivity contribution in [3.05, 3.63) is 29.1 Å². The molecule has 0 spiro atoms. The van der Waals surface area contributed by atoms with Crippen LogP contribution in [0.4, 0.5) is 26.7 Å². The molecule has 43 heavy (non-hydrogen) atoms. The van der Waals surface area contributed by atoms with Crippen LogP contribution in [0.5, 0.6) is 0 Å². The fraction of sp³-hybridized carbons (Fsp3) is 0.781. The monoisotopic (exact) mass is 632 g/mol. The quantitative estimate of drug-likeness (QED) is 0.110. The van der Waals surface area contributed by atoms with Crippen LogP contribution in [0.25, 0.3) is 0 Å². The Balaban J connectivity index is 1.19. The van der Waals surface area contributed by atoms with E-state index in [1.54, 1.807) is 0 Å². The molecular weight excluding hydrogens is 587 g/mol. The van der Waals surface area contributed by atoms with Gasteiger partial charge in [0.2, 0.25) is 5.82 Å². The lowest BCUT2D eigenvalue weighted by molar-refractivity contribution is -0.203. The van der Waals surface area contributed by atoms with E-state index in [9.17, 15) is 37.0 Å². The first-order chi connectivity index (χ1) is 20.3. The van der Waals surface area contributed by atoms with Gasteiger partial charge in [-0.05, 0) is 116 Å². The number of benzene rings is 1. The van der Waals surface area contributed by atoms with E-state index in [2.05, 4.69) is 37.7 Å². The summed E-state index contributed by atoms with van der Waals surface area (Å²) < 4.78 is 70.1. The Labute approximate surface area is 255 Å². The third kappa shape index (κ3) is 5.47. The Kier molecular flexibility index (Phi) is 9.39. The zero-order chi connectivity index (χ0) is 31.4. The van der Waals surface area contributed by atoms with Crippen molar-refractivity contribution >= 4 is 18.0 Å². The van der Waals surface area contributed by atoms with Crippen LogP contribution in [-0.4, -0.2) is 35.0 Å². The molecule has 5 rings (SSSR count). The van der Waals surface area contributed by atoms with Crippen LogP contribution >= 0.6 is 11.9 Å². The highest BCUT2D eigenvalue weighted by Crippen LogP contribution is 2.69. The fourth-order valence-corrected chi connectivity index (χ4v) is 11.0. The van der Waals surface area contributed by atoms with E-state index in [-0.39, 0.29) is 59.3 Å². The lowest BCUT2D eigenvalue weighted by atomic mass is 9.41. The Morgan fingerprint density at radius 3 is 2.16 bits per heavy atom. The molecule has 1 aromatic rings. The molecule has 0 unspecified atom stereocenters. The molecule has 4 aliphatic carbocycles. The summed E-state index contributed by atoms with van der Waals surface area (Å²) in [6.45, 7) is 9.45. The molecular formula is C32H45F5N2O3S. The van der Waals surface area contributed by atoms with Gasteiger partial charge in [-0.3, -0.25) is 4.72 Å². The highest BCUT2D eigenvalue weighted by atomic mass is 32.2. The van der Waals surface area contributed by atoms with Gasteiger partial charge in [0, 0.05) is 6.54 Å². The summed E-state index contributed by atoms with van der Waals surface area (Å²) in [7, 11) is 0. The molecule has 4 N–H and O–H groups in total. The van der Waals surface area contributed by atoms with Crippen LogP contribution in [0.15, 0.2) is 4.90 Å². The van der Waals surface area contributed by atoms with Crippen LogP contribution in [0, 0.1) is 81.3 Å². The van der Waals surface area contributed by atoms with Gasteiger partial charge in [0.25, 0.3) is 0 Å². The average Bonchev–Trinajstić information content (AvgIpc) is 3.33. The number of hydrogen-bond donors (Lipinski definition) is 4. The van der Waals surface area contributed by atoms with Crippen molar-refractivity contribution in [1.29, 1.82) is 0 Å². The Morgan fingerprint density at radius 2 is 1.51 bits per heavy atom. The van der Waals surface area contributed by atoms with Crippen LogP contribution in [0.2, 0.25) is 0 Å². The molecule has 0 aliphatic heterocycles. The molecule has 4 saturated carbocycles. The summed E-state index contributed by atoms with van der Waals surface area (Å²) in [6, 6.07) is -0.784. The normalized spacial score (nSPS) is 39.4. The second-order valence-corrected chi connectivity index (χ2v) is 15.1. The molecule has 2 amide bonds. The maximum Gasteiger partial charge on any atom is 0.325 e. The van der Waals surface area contributed by atoms with Crippen LogP contribution < -0.4 is 10.0 Å². The minimum absolute atomic E-state index is 0.0411. The van der Waals surface area contributed by atoms with Gasteiger partial charge in [0.15, 0.2) is 23.3 Å². The lowest BCUT2D eigenvalue weighted by Crippen LogP contribution is -2.62. The molecule has 0 saturated heterocycles. The zero-order valence-corrected chi connectivity index (χ0v) is 26.2. The molecule has 4 aliphatic rings. The smallest absolute Gasteiger partial charge is 0.325 e. The summed E-state index contributed by atoms with van der Waals surface area (Å²) >= 11 is 0.0411. The first kappa shape index (κ1) is 32.8. The summed E-state index contributed by atoms with van der Waals surface area (Å²) in [5.74, 6) is -8.00. The maximum absolute atomic E-state index is 13.9. The van der Waals surface area contributed by atoms with E-state index >= 15 is 0 Å². The molecule has 0 heterocycles. The first-order valence-corrected chi connectivity index (χ1v) is 16.7. The van der Waals surface area contributed by atoms with Crippen molar-refractivity contribution in [2.75, 3.05) is 6.54 Å². The topological polar surface area (TPSA) is 81.6 Å². The highest BCUT2D eigenvalue weighted by Gasteiger charge is 2.64. The molecule has 1 aromatic carbocycles. The number of amides is 2. The van der Waals surface area contributed by atoms with E-state index in [1.807, 2.05) is 0 Å². The van der Waals surface area contributed by atoms with Gasteiger partial charge in [-0.25, -0.2) is 26.7 Å². The van der Waals surface area contributed by atoms with Crippen molar-refractivity contribution in [2.45, 2.75) is 103 Å². The number of carbonyl (C=O) groups excluding carboxylic acids is 1. The molecule has 0 aromatic heterocycles. The number of halogens is 5. The number of nitrogens with one attached hydrogen (secondary N) is 2. The van der Waals surface area contributed by atoms with Gasteiger partial charge >= 0.3 is 6.03 Å². The summed E-state index contributed by atoms with van der Waals surface area (Å²) in [5.41, 5.74) is 0.211. The number of urea groups is 1. The minimum atomic E-state index is -2.25. The predicted octanol–water partition coefficient (Wildman–Crippen LogP) is 7.34. The maximum atomic E-state index is 13.9. The number of rotatable bonds is 7. The number of fused-ring (bicyclic) bond motifs is 5. The third-order valence-electron chi connectivity index (χ3n) is 12.5. The van der Waals surface area contributed by atoms with Crippen LogP contribution in [0.1, 0.15) is 85.5 Å². The van der Waals surface area contributed by atoms with E-state index in [4.69, 9.17) is 0 Å². The molecule has 242 valence electrons. The lowest BCUT2D eigenvalue weighted by Gasteiger charge is -2.64. The van der Waals surface area contributed by atoms with Crippen molar-refractivity contribution in [3.8, 4) is 0 Å². The molecule has 0 radical (unpaired) electrons. The summed E-state index contributed by atoms with van der Waals surface area (Å²) in [5, 5.41) is 25.0. The SMILES string of the molecule is CC[C@H]1[C@@H](O)[C@@H]2[C@H](CC[C@]3(C)[C@@H]([C@H](C)CCNC(=O)NSc4c(F)c(F)c(F)c(F)c4F)CC[C@@H]23)[C@@]2(C)CC[C@@H](O)C[C@@H]12. The Hall–Kier alpha value is -1.59.